The summed E-state index contributed by atoms with van der Waals surface area (Å²) in [5, 5.41) is 19.8. The van der Waals surface area contributed by atoms with Crippen molar-refractivity contribution >= 4 is 29.2 Å². The first kappa shape index (κ1) is 24.1. The number of nitrogens with zero attached hydrogens (tertiary/aromatic N) is 2. The van der Waals surface area contributed by atoms with Crippen LogP contribution < -0.4 is 5.32 Å². The third kappa shape index (κ3) is 7.23. The molecule has 0 radical (unpaired) electrons. The number of rotatable bonds is 10. The second-order valence-electron chi connectivity index (χ2n) is 7.30. The summed E-state index contributed by atoms with van der Waals surface area (Å²) in [6.45, 7) is 3.46. The Balaban J connectivity index is 1.58. The first-order valence-corrected chi connectivity index (χ1v) is 10.4. The Morgan fingerprint density at radius 2 is 1.44 bits per heavy atom. The van der Waals surface area contributed by atoms with E-state index in [2.05, 4.69) is 22.1 Å². The Morgan fingerprint density at radius 3 is 1.97 bits per heavy atom. The van der Waals surface area contributed by atoms with Crippen LogP contribution in [0.2, 0.25) is 0 Å². The molecule has 0 bridgehead atoms. The van der Waals surface area contributed by atoms with Gasteiger partial charge >= 0.3 is 11.9 Å². The summed E-state index contributed by atoms with van der Waals surface area (Å²) in [6, 6.07) is 21.5. The number of hydrogen-bond donors (Lipinski definition) is 2. The van der Waals surface area contributed by atoms with E-state index in [1.807, 2.05) is 30.3 Å². The van der Waals surface area contributed by atoms with Gasteiger partial charge in [0.05, 0.1) is 28.5 Å². The van der Waals surface area contributed by atoms with Crippen molar-refractivity contribution in [3.05, 3.63) is 108 Å². The summed E-state index contributed by atoms with van der Waals surface area (Å²) in [5.74, 6) is -1.89. The van der Waals surface area contributed by atoms with Crippen LogP contribution in [0.25, 0.3) is 0 Å². The molecule has 1 atom stereocenters. The number of amides is 1. The van der Waals surface area contributed by atoms with E-state index in [1.54, 1.807) is 36.4 Å². The Morgan fingerprint density at radius 1 is 0.882 bits per heavy atom. The molecular formula is C26H23N3O5. The molecule has 2 N–H and O–H groups in total. The molecule has 1 unspecified atom stereocenters. The molecular weight excluding hydrogens is 434 g/mol. The van der Waals surface area contributed by atoms with Crippen LogP contribution in [0.3, 0.4) is 0 Å². The number of hydrogen-bond acceptors (Lipinski definition) is 6. The highest BCUT2D eigenvalue weighted by Gasteiger charge is 2.15. The van der Waals surface area contributed by atoms with Crippen LogP contribution in [0.15, 0.2) is 102 Å². The summed E-state index contributed by atoms with van der Waals surface area (Å²) >= 11 is 0. The SMILES string of the molecule is C=CC(=O)NC(COC(=O)c1ccc(N=Nc2ccc(C(=O)O)cc2)cc1)Cc1ccccc1. The number of nitrogens with one attached hydrogen (secondary N) is 1. The highest BCUT2D eigenvalue weighted by atomic mass is 16.5. The van der Waals surface area contributed by atoms with Gasteiger partial charge in [0.15, 0.2) is 0 Å². The number of carbonyl (C=O) groups excluding carboxylic acids is 2. The van der Waals surface area contributed by atoms with Crippen molar-refractivity contribution < 1.29 is 24.2 Å². The molecule has 34 heavy (non-hydrogen) atoms. The molecule has 3 aromatic carbocycles. The third-order valence-corrected chi connectivity index (χ3v) is 4.77. The molecule has 0 spiro atoms. The van der Waals surface area contributed by atoms with Crippen LogP contribution >= 0.6 is 0 Å². The highest BCUT2D eigenvalue weighted by Crippen LogP contribution is 2.19. The van der Waals surface area contributed by atoms with Gasteiger partial charge in [0.1, 0.15) is 6.61 Å². The number of benzene rings is 3. The second-order valence-corrected chi connectivity index (χ2v) is 7.30. The van der Waals surface area contributed by atoms with Gasteiger partial charge in [-0.05, 0) is 66.6 Å². The first-order chi connectivity index (χ1) is 16.4. The maximum Gasteiger partial charge on any atom is 0.338 e. The van der Waals surface area contributed by atoms with Gasteiger partial charge in [-0.3, -0.25) is 4.79 Å². The van der Waals surface area contributed by atoms with Crippen LogP contribution in [-0.2, 0) is 16.0 Å². The highest BCUT2D eigenvalue weighted by molar-refractivity contribution is 5.90. The molecule has 0 saturated heterocycles. The molecule has 0 aliphatic heterocycles. The smallest absolute Gasteiger partial charge is 0.338 e. The lowest BCUT2D eigenvalue weighted by Gasteiger charge is -2.18. The summed E-state index contributed by atoms with van der Waals surface area (Å²) < 4.78 is 5.42. The Hall–Kier alpha value is -4.59. The predicted octanol–water partition coefficient (Wildman–Crippen LogP) is 4.87. The number of carboxylic acids is 1. The number of esters is 1. The minimum Gasteiger partial charge on any atom is -0.478 e. The fraction of sp³-hybridized carbons (Fsp3) is 0.115. The topological polar surface area (TPSA) is 117 Å². The lowest BCUT2D eigenvalue weighted by Crippen LogP contribution is -2.39. The molecule has 172 valence electrons. The van der Waals surface area contributed by atoms with Crippen molar-refractivity contribution in [2.75, 3.05) is 6.61 Å². The van der Waals surface area contributed by atoms with Crippen LogP contribution in [0, 0.1) is 0 Å². The standard InChI is InChI=1S/C26H23N3O5/c1-2-24(30)27-23(16-18-6-4-3-5-7-18)17-34-26(33)20-10-14-22(15-11-20)29-28-21-12-8-19(9-13-21)25(31)32/h2-15,23H,1,16-17H2,(H,27,30)(H,31,32). The van der Waals surface area contributed by atoms with Crippen molar-refractivity contribution in [2.45, 2.75) is 12.5 Å². The van der Waals surface area contributed by atoms with Gasteiger partial charge in [-0.25, -0.2) is 9.59 Å². The zero-order valence-corrected chi connectivity index (χ0v) is 18.3. The van der Waals surface area contributed by atoms with E-state index < -0.39 is 18.0 Å². The summed E-state index contributed by atoms with van der Waals surface area (Å²) in [6.07, 6.45) is 1.67. The number of azo groups is 1. The van der Waals surface area contributed by atoms with Crippen LogP contribution in [-0.4, -0.2) is 35.6 Å². The number of ether oxygens (including phenoxy) is 1. The Kier molecular flexibility index (Phi) is 8.40. The van der Waals surface area contributed by atoms with Crippen molar-refractivity contribution in [2.24, 2.45) is 10.2 Å². The molecule has 0 saturated carbocycles. The number of carboxylic acid groups (broad SMARTS) is 1. The van der Waals surface area contributed by atoms with Crippen LogP contribution in [0.4, 0.5) is 11.4 Å². The van der Waals surface area contributed by atoms with Crippen LogP contribution in [0.1, 0.15) is 26.3 Å². The lowest BCUT2D eigenvalue weighted by molar-refractivity contribution is -0.117. The fourth-order valence-corrected chi connectivity index (χ4v) is 3.02. The van der Waals surface area contributed by atoms with Crippen molar-refractivity contribution in [3.63, 3.8) is 0 Å². The molecule has 8 heteroatoms. The first-order valence-electron chi connectivity index (χ1n) is 10.4. The molecule has 0 fully saturated rings. The predicted molar refractivity (Wildman–Crippen MR) is 127 cm³/mol. The van der Waals surface area contributed by atoms with Gasteiger partial charge in [0.25, 0.3) is 0 Å². The van der Waals surface area contributed by atoms with Crippen LogP contribution in [0.5, 0.6) is 0 Å². The minimum atomic E-state index is -1.01. The van der Waals surface area contributed by atoms with Crippen molar-refractivity contribution in [1.29, 1.82) is 0 Å². The molecule has 3 aromatic rings. The van der Waals surface area contributed by atoms with Crippen molar-refractivity contribution in [1.82, 2.24) is 5.32 Å². The van der Waals surface area contributed by atoms with E-state index in [0.29, 0.717) is 23.4 Å². The van der Waals surface area contributed by atoms with Crippen molar-refractivity contribution in [3.8, 4) is 0 Å². The second kappa shape index (κ2) is 11.9. The van der Waals surface area contributed by atoms with Gasteiger partial charge in [0.2, 0.25) is 5.91 Å². The van der Waals surface area contributed by atoms with E-state index in [1.165, 1.54) is 18.2 Å². The van der Waals surface area contributed by atoms with E-state index in [9.17, 15) is 14.4 Å². The maximum absolute atomic E-state index is 12.5. The quantitative estimate of drug-likeness (QED) is 0.256. The van der Waals surface area contributed by atoms with E-state index in [0.717, 1.165) is 5.56 Å². The summed E-state index contributed by atoms with van der Waals surface area (Å²) in [7, 11) is 0. The van der Waals surface area contributed by atoms with Gasteiger partial charge < -0.3 is 15.2 Å². The number of carbonyl (C=O) groups is 3. The normalized spacial score (nSPS) is 11.5. The van der Waals surface area contributed by atoms with Gasteiger partial charge in [-0.15, -0.1) is 0 Å². The zero-order valence-electron chi connectivity index (χ0n) is 18.3. The molecule has 0 aromatic heterocycles. The largest absolute Gasteiger partial charge is 0.478 e. The average molecular weight is 457 g/mol. The molecule has 8 nitrogen and oxygen atoms in total. The molecule has 0 heterocycles. The van der Waals surface area contributed by atoms with E-state index in [4.69, 9.17) is 9.84 Å². The molecule has 3 rings (SSSR count). The third-order valence-electron chi connectivity index (χ3n) is 4.77. The monoisotopic (exact) mass is 457 g/mol. The average Bonchev–Trinajstić information content (AvgIpc) is 2.87. The maximum atomic E-state index is 12.5. The Bertz CT molecular complexity index is 1170. The van der Waals surface area contributed by atoms with Gasteiger partial charge in [-0.1, -0.05) is 36.9 Å². The molecule has 0 aliphatic rings. The van der Waals surface area contributed by atoms with Gasteiger partial charge in [-0.2, -0.15) is 10.2 Å². The summed E-state index contributed by atoms with van der Waals surface area (Å²) in [4.78, 5) is 35.1. The number of aromatic carboxylic acids is 1. The molecule has 0 aliphatic carbocycles. The van der Waals surface area contributed by atoms with E-state index in [-0.39, 0.29) is 18.1 Å². The Labute approximate surface area is 196 Å². The molecule has 1 amide bonds. The zero-order chi connectivity index (χ0) is 24.3. The lowest BCUT2D eigenvalue weighted by atomic mass is 10.1. The van der Waals surface area contributed by atoms with E-state index >= 15 is 0 Å². The fourth-order valence-electron chi connectivity index (χ4n) is 3.02. The van der Waals surface area contributed by atoms with Gasteiger partial charge in [0, 0.05) is 0 Å². The summed E-state index contributed by atoms with van der Waals surface area (Å²) in [5.41, 5.74) is 2.51. The minimum absolute atomic E-state index is 0.00110.